The number of benzene rings is 2. The molecule has 0 spiro atoms. The summed E-state index contributed by atoms with van der Waals surface area (Å²) in [6.45, 7) is 1.79. The van der Waals surface area contributed by atoms with Crippen molar-refractivity contribution in [2.45, 2.75) is 32.2 Å². The predicted octanol–water partition coefficient (Wildman–Crippen LogP) is 5.49. The number of anilines is 1. The van der Waals surface area contributed by atoms with Gasteiger partial charge in [-0.2, -0.15) is 5.10 Å². The molecule has 1 amide bonds. The fraction of sp³-hybridized carbons (Fsp3) is 0.240. The molecule has 1 fully saturated rings. The number of amides is 1. The summed E-state index contributed by atoms with van der Waals surface area (Å²) in [6, 6.07) is 12.4. The fourth-order valence-corrected chi connectivity index (χ4v) is 5.54. The van der Waals surface area contributed by atoms with Gasteiger partial charge in [-0.3, -0.25) is 20.1 Å². The highest BCUT2D eigenvalue weighted by Gasteiger charge is 2.44. The highest BCUT2D eigenvalue weighted by Crippen LogP contribution is 2.45. The van der Waals surface area contributed by atoms with E-state index in [-0.39, 0.29) is 34.5 Å². The molecule has 5 rings (SSSR count). The lowest BCUT2D eigenvalue weighted by atomic mass is 9.77. The highest BCUT2D eigenvalue weighted by atomic mass is 32.1. The highest BCUT2D eigenvalue weighted by molar-refractivity contribution is 7.11. The molecular formula is C25H22N5O5S-. The Bertz CT molecular complexity index is 1360. The number of hydrogen-bond acceptors (Lipinski definition) is 9. The minimum atomic E-state index is -0.432. The van der Waals surface area contributed by atoms with Crippen LogP contribution in [0.3, 0.4) is 0 Å². The zero-order valence-electron chi connectivity index (χ0n) is 19.3. The average molecular weight is 505 g/mol. The summed E-state index contributed by atoms with van der Waals surface area (Å²) in [5.74, 6) is -0.308. The van der Waals surface area contributed by atoms with Crippen molar-refractivity contribution in [3.8, 4) is 0 Å². The molecule has 0 bridgehead atoms. The van der Waals surface area contributed by atoms with Crippen molar-refractivity contribution in [1.82, 2.24) is 9.99 Å². The van der Waals surface area contributed by atoms with Gasteiger partial charge in [-0.25, -0.2) is 9.99 Å². The van der Waals surface area contributed by atoms with Crippen molar-refractivity contribution in [3.63, 3.8) is 0 Å². The number of nitro groups is 1. The average Bonchev–Trinajstić information content (AvgIpc) is 3.48. The maximum absolute atomic E-state index is 13.6. The van der Waals surface area contributed by atoms with Crippen molar-refractivity contribution in [2.75, 3.05) is 5.23 Å². The zero-order chi connectivity index (χ0) is 25.4. The van der Waals surface area contributed by atoms with E-state index in [0.717, 1.165) is 41.7 Å². The molecule has 1 aliphatic carbocycles. The van der Waals surface area contributed by atoms with E-state index in [4.69, 9.17) is 5.10 Å². The van der Waals surface area contributed by atoms with Crippen molar-refractivity contribution >= 4 is 40.4 Å². The second kappa shape index (κ2) is 9.61. The second-order valence-electron chi connectivity index (χ2n) is 8.73. The molecule has 1 N–H and O–H groups in total. The number of aromatic nitrogens is 1. The standard InChI is InChI=1S/C25H22N5O5S/c1-15-24(36-14-26-15)25(31)28-23(17-7-11-20(12-8-17)30(34)35)21-4-2-3-18(22(21)27-28)13-16-5-9-19(10-6-16)29(32)33/h5-14,21,23,34H,2-4H2,1H3/q-1/b18-13+. The van der Waals surface area contributed by atoms with Crippen LogP contribution in [0.5, 0.6) is 0 Å². The summed E-state index contributed by atoms with van der Waals surface area (Å²) in [6.07, 6.45) is 4.46. The van der Waals surface area contributed by atoms with Crippen molar-refractivity contribution in [3.05, 3.63) is 96.6 Å². The number of nitrogens with zero attached hydrogens (tertiary/aromatic N) is 5. The van der Waals surface area contributed by atoms with E-state index in [1.54, 1.807) is 36.7 Å². The molecule has 11 heteroatoms. The topological polar surface area (TPSA) is 135 Å². The van der Waals surface area contributed by atoms with E-state index < -0.39 is 4.92 Å². The molecule has 2 unspecified atom stereocenters. The van der Waals surface area contributed by atoms with Gasteiger partial charge in [-0.1, -0.05) is 12.1 Å². The molecule has 0 radical (unpaired) electrons. The van der Waals surface area contributed by atoms with E-state index in [1.165, 1.54) is 40.6 Å². The SMILES string of the molecule is Cc1ncsc1C(=O)N1N=C2/C(=C/c3ccc([N+](=O)[O-])cc3)CCCC2C1c1ccc(N([O-])O)cc1. The molecule has 0 saturated heterocycles. The number of aryl methyl sites for hydroxylation is 1. The van der Waals surface area contributed by atoms with Crippen LogP contribution in [-0.4, -0.2) is 31.7 Å². The Morgan fingerprint density at radius 3 is 2.56 bits per heavy atom. The summed E-state index contributed by atoms with van der Waals surface area (Å²) < 4.78 is 0. The summed E-state index contributed by atoms with van der Waals surface area (Å²) in [5.41, 5.74) is 5.81. The number of allylic oxidation sites excluding steroid dienone is 1. The molecule has 2 aromatic carbocycles. The summed E-state index contributed by atoms with van der Waals surface area (Å²) >= 11 is 1.27. The molecule has 1 aromatic heterocycles. The van der Waals surface area contributed by atoms with Gasteiger partial charge < -0.3 is 10.4 Å². The number of non-ortho nitro benzene ring substituents is 1. The van der Waals surface area contributed by atoms with Crippen LogP contribution in [0.4, 0.5) is 11.4 Å². The van der Waals surface area contributed by atoms with Gasteiger partial charge in [0.1, 0.15) is 4.88 Å². The van der Waals surface area contributed by atoms with Crippen molar-refractivity contribution < 1.29 is 14.9 Å². The Hall–Kier alpha value is -3.93. The quantitative estimate of drug-likeness (QED) is 0.358. The van der Waals surface area contributed by atoms with Gasteiger partial charge in [0, 0.05) is 18.1 Å². The molecule has 10 nitrogen and oxygen atoms in total. The molecule has 3 aromatic rings. The van der Waals surface area contributed by atoms with Crippen molar-refractivity contribution in [1.29, 1.82) is 0 Å². The fourth-order valence-electron chi connectivity index (χ4n) is 4.80. The maximum Gasteiger partial charge on any atom is 0.286 e. The summed E-state index contributed by atoms with van der Waals surface area (Å²) in [5, 5.41) is 37.6. The van der Waals surface area contributed by atoms with E-state index in [9.17, 15) is 25.3 Å². The molecular weight excluding hydrogens is 482 g/mol. The van der Waals surface area contributed by atoms with Crippen LogP contribution in [0.25, 0.3) is 6.08 Å². The van der Waals surface area contributed by atoms with Crippen molar-refractivity contribution in [2.24, 2.45) is 11.0 Å². The molecule has 36 heavy (non-hydrogen) atoms. The Morgan fingerprint density at radius 2 is 1.94 bits per heavy atom. The first-order valence-corrected chi connectivity index (χ1v) is 12.2. The van der Waals surface area contributed by atoms with Gasteiger partial charge in [0.2, 0.25) is 0 Å². The predicted molar refractivity (Wildman–Crippen MR) is 136 cm³/mol. The zero-order valence-corrected chi connectivity index (χ0v) is 20.1. The monoisotopic (exact) mass is 504 g/mol. The lowest BCUT2D eigenvalue weighted by Gasteiger charge is -2.30. The van der Waals surface area contributed by atoms with Gasteiger partial charge in [0.15, 0.2) is 0 Å². The molecule has 184 valence electrons. The molecule has 2 atom stereocenters. The Morgan fingerprint density at radius 1 is 1.22 bits per heavy atom. The molecule has 1 saturated carbocycles. The summed E-state index contributed by atoms with van der Waals surface area (Å²) in [4.78, 5) is 28.9. The lowest BCUT2D eigenvalue weighted by molar-refractivity contribution is -0.384. The third-order valence-electron chi connectivity index (χ3n) is 6.55. The van der Waals surface area contributed by atoms with Crippen LogP contribution < -0.4 is 5.23 Å². The van der Waals surface area contributed by atoms with E-state index in [1.807, 2.05) is 6.08 Å². The van der Waals surface area contributed by atoms with Gasteiger partial charge >= 0.3 is 0 Å². The smallest absolute Gasteiger partial charge is 0.286 e. The van der Waals surface area contributed by atoms with Gasteiger partial charge in [0.05, 0.1) is 33.6 Å². The minimum Gasteiger partial charge on any atom is -0.733 e. The van der Waals surface area contributed by atoms with Gasteiger partial charge in [0.25, 0.3) is 11.6 Å². The van der Waals surface area contributed by atoms with Gasteiger partial charge in [-0.15, -0.1) is 11.3 Å². The first-order valence-electron chi connectivity index (χ1n) is 11.4. The number of rotatable bonds is 5. The van der Waals surface area contributed by atoms with Crippen LogP contribution in [0.2, 0.25) is 0 Å². The molecule has 2 aliphatic rings. The summed E-state index contributed by atoms with van der Waals surface area (Å²) in [7, 11) is 0. The lowest BCUT2D eigenvalue weighted by Crippen LogP contribution is -2.31. The number of carbonyl (C=O) groups excluding carboxylic acids is 1. The van der Waals surface area contributed by atoms with E-state index in [0.29, 0.717) is 10.6 Å². The van der Waals surface area contributed by atoms with Crippen LogP contribution in [0.1, 0.15) is 51.8 Å². The Kier molecular flexibility index (Phi) is 6.35. The van der Waals surface area contributed by atoms with Crippen LogP contribution >= 0.6 is 11.3 Å². The number of nitro benzene ring substituents is 1. The second-order valence-corrected chi connectivity index (χ2v) is 9.58. The third-order valence-corrected chi connectivity index (χ3v) is 7.47. The van der Waals surface area contributed by atoms with E-state index >= 15 is 0 Å². The molecule has 1 aliphatic heterocycles. The molecule has 2 heterocycles. The number of fused-ring (bicyclic) bond motifs is 1. The maximum atomic E-state index is 13.6. The number of hydrogen-bond donors (Lipinski definition) is 1. The van der Waals surface area contributed by atoms with Crippen LogP contribution in [0, 0.1) is 28.2 Å². The Labute approximate surface area is 210 Å². The normalized spacial score (nSPS) is 20.2. The first kappa shape index (κ1) is 23.8. The first-order chi connectivity index (χ1) is 17.3. The van der Waals surface area contributed by atoms with Gasteiger partial charge in [-0.05, 0) is 73.2 Å². The minimum absolute atomic E-state index is 0.0246. The number of thiazole rings is 1. The van der Waals surface area contributed by atoms with Crippen LogP contribution in [0.15, 0.2) is 64.7 Å². The van der Waals surface area contributed by atoms with E-state index in [2.05, 4.69) is 4.98 Å². The van der Waals surface area contributed by atoms with Crippen LogP contribution in [-0.2, 0) is 0 Å². The Balaban J connectivity index is 1.55. The third kappa shape index (κ3) is 4.39. The largest absolute Gasteiger partial charge is 0.733 e. The number of carbonyl (C=O) groups is 1. The number of hydrazone groups is 1.